The number of hydrogen-bond acceptors (Lipinski definition) is 2. The van der Waals surface area contributed by atoms with Gasteiger partial charge in [-0.2, -0.15) is 0 Å². The molecule has 3 nitrogen and oxygen atoms in total. The molecule has 1 atom stereocenters. The van der Waals surface area contributed by atoms with Gasteiger partial charge in [0.25, 0.3) is 0 Å². The quantitative estimate of drug-likeness (QED) is 0.748. The van der Waals surface area contributed by atoms with E-state index in [0.29, 0.717) is 30.7 Å². The molecule has 0 aromatic rings. The van der Waals surface area contributed by atoms with Crippen LogP contribution in [0.15, 0.2) is 0 Å². The maximum atomic E-state index is 12.4. The fraction of sp³-hybridized carbons (Fsp3) is 1.00. The summed E-state index contributed by atoms with van der Waals surface area (Å²) in [6.07, 6.45) is 7.68. The van der Waals surface area contributed by atoms with E-state index in [4.69, 9.17) is 11.6 Å². The Kier molecular flexibility index (Phi) is 5.55. The van der Waals surface area contributed by atoms with Gasteiger partial charge in [0, 0.05) is 18.5 Å². The van der Waals surface area contributed by atoms with Crippen molar-refractivity contribution in [2.45, 2.75) is 57.2 Å². The average Bonchev–Trinajstić information content (AvgIpc) is 2.39. The monoisotopic (exact) mass is 307 g/mol. The lowest BCUT2D eigenvalue weighted by atomic mass is 9.91. The lowest BCUT2D eigenvalue weighted by Gasteiger charge is -2.33. The fourth-order valence-corrected chi connectivity index (χ4v) is 5.53. The topological polar surface area (TPSA) is 37.4 Å². The van der Waals surface area contributed by atoms with E-state index in [9.17, 15) is 8.42 Å². The Morgan fingerprint density at radius 1 is 1.11 bits per heavy atom. The second kappa shape index (κ2) is 6.77. The van der Waals surface area contributed by atoms with E-state index < -0.39 is 10.0 Å². The molecule has 1 unspecified atom stereocenters. The first-order valence-corrected chi connectivity index (χ1v) is 9.65. The molecule has 5 heteroatoms. The molecule has 2 aliphatic rings. The highest BCUT2D eigenvalue weighted by Crippen LogP contribution is 2.29. The summed E-state index contributed by atoms with van der Waals surface area (Å²) in [5.41, 5.74) is 0. The Morgan fingerprint density at radius 2 is 1.68 bits per heavy atom. The van der Waals surface area contributed by atoms with Crippen LogP contribution >= 0.6 is 11.6 Å². The second-order valence-electron chi connectivity index (χ2n) is 6.20. The first-order chi connectivity index (χ1) is 8.99. The molecule has 1 aliphatic carbocycles. The van der Waals surface area contributed by atoms with Crippen LogP contribution in [0.25, 0.3) is 0 Å². The van der Waals surface area contributed by atoms with Gasteiger partial charge in [-0.25, -0.2) is 12.7 Å². The molecule has 19 heavy (non-hydrogen) atoms. The summed E-state index contributed by atoms with van der Waals surface area (Å²) in [5, 5.41) is 0.156. The molecule has 0 aromatic heterocycles. The summed E-state index contributed by atoms with van der Waals surface area (Å²) in [6, 6.07) is 0. The minimum Gasteiger partial charge on any atom is -0.212 e. The molecule has 0 bridgehead atoms. The standard InChI is InChI=1S/C14H26ClNO2S/c1-12(15)14-7-9-16(10-8-14)19(17,18)11-13-5-3-2-4-6-13/h12-14H,2-11H2,1H3. The van der Waals surface area contributed by atoms with Crippen LogP contribution in [0.3, 0.4) is 0 Å². The normalized spacial score (nSPS) is 26.4. The van der Waals surface area contributed by atoms with Crippen LogP contribution in [0.4, 0.5) is 0 Å². The predicted molar refractivity (Wildman–Crippen MR) is 80.0 cm³/mol. The third-order valence-electron chi connectivity index (χ3n) is 4.71. The number of hydrogen-bond donors (Lipinski definition) is 0. The highest BCUT2D eigenvalue weighted by atomic mass is 35.5. The summed E-state index contributed by atoms with van der Waals surface area (Å²) in [6.45, 7) is 3.34. The Balaban J connectivity index is 1.86. The largest absolute Gasteiger partial charge is 0.214 e. The summed E-state index contributed by atoms with van der Waals surface area (Å²) in [7, 11) is -3.04. The molecule has 0 spiro atoms. The molecule has 112 valence electrons. The van der Waals surface area contributed by atoms with Gasteiger partial charge in [-0.3, -0.25) is 0 Å². The van der Waals surface area contributed by atoms with E-state index >= 15 is 0 Å². The van der Waals surface area contributed by atoms with Crippen molar-refractivity contribution in [1.29, 1.82) is 0 Å². The van der Waals surface area contributed by atoms with Crippen molar-refractivity contribution in [2.24, 2.45) is 11.8 Å². The lowest BCUT2D eigenvalue weighted by molar-refractivity contribution is 0.268. The van der Waals surface area contributed by atoms with E-state index in [1.54, 1.807) is 4.31 Å². The number of nitrogens with zero attached hydrogens (tertiary/aromatic N) is 1. The van der Waals surface area contributed by atoms with Crippen LogP contribution in [0.2, 0.25) is 0 Å². The van der Waals surface area contributed by atoms with Crippen molar-refractivity contribution in [3.63, 3.8) is 0 Å². The van der Waals surface area contributed by atoms with Gasteiger partial charge in [0.1, 0.15) is 0 Å². The van der Waals surface area contributed by atoms with Crippen LogP contribution in [0.1, 0.15) is 51.9 Å². The maximum absolute atomic E-state index is 12.4. The molecule has 1 saturated carbocycles. The number of rotatable bonds is 4. The summed E-state index contributed by atoms with van der Waals surface area (Å²) in [5.74, 6) is 1.24. The van der Waals surface area contributed by atoms with E-state index in [-0.39, 0.29) is 5.38 Å². The van der Waals surface area contributed by atoms with E-state index in [1.807, 2.05) is 6.92 Å². The molecular weight excluding hydrogens is 282 g/mol. The zero-order chi connectivity index (χ0) is 13.9. The average molecular weight is 308 g/mol. The van der Waals surface area contributed by atoms with Gasteiger partial charge in [-0.1, -0.05) is 19.3 Å². The van der Waals surface area contributed by atoms with Gasteiger partial charge < -0.3 is 0 Å². The van der Waals surface area contributed by atoms with E-state index in [0.717, 1.165) is 25.7 Å². The van der Waals surface area contributed by atoms with Gasteiger partial charge in [0.05, 0.1) is 5.75 Å². The maximum Gasteiger partial charge on any atom is 0.214 e. The van der Waals surface area contributed by atoms with Crippen LogP contribution in [0, 0.1) is 11.8 Å². The molecule has 1 saturated heterocycles. The number of sulfonamides is 1. The summed E-state index contributed by atoms with van der Waals surface area (Å²) < 4.78 is 26.6. The number of halogens is 1. The fourth-order valence-electron chi connectivity index (χ4n) is 3.37. The van der Waals surface area contributed by atoms with Crippen molar-refractivity contribution in [2.75, 3.05) is 18.8 Å². The zero-order valence-corrected chi connectivity index (χ0v) is 13.4. The predicted octanol–water partition coefficient (Wildman–Crippen LogP) is 3.24. The van der Waals surface area contributed by atoms with Crippen molar-refractivity contribution >= 4 is 21.6 Å². The van der Waals surface area contributed by atoms with Crippen LogP contribution in [0.5, 0.6) is 0 Å². The second-order valence-corrected chi connectivity index (χ2v) is 8.90. The molecule has 2 rings (SSSR count). The smallest absolute Gasteiger partial charge is 0.212 e. The van der Waals surface area contributed by atoms with Crippen molar-refractivity contribution in [3.05, 3.63) is 0 Å². The van der Waals surface area contributed by atoms with E-state index in [1.165, 1.54) is 19.3 Å². The number of alkyl halides is 1. The van der Waals surface area contributed by atoms with Crippen molar-refractivity contribution < 1.29 is 8.42 Å². The molecule has 0 radical (unpaired) electrons. The third-order valence-corrected chi connectivity index (χ3v) is 7.11. The molecule has 2 fully saturated rings. The van der Waals surface area contributed by atoms with Crippen molar-refractivity contribution in [3.8, 4) is 0 Å². The molecular formula is C14H26ClNO2S. The SMILES string of the molecule is CC(Cl)C1CCN(S(=O)(=O)CC2CCCCC2)CC1. The summed E-state index contributed by atoms with van der Waals surface area (Å²) in [4.78, 5) is 0. The molecule has 0 aromatic carbocycles. The van der Waals surface area contributed by atoms with Crippen molar-refractivity contribution in [1.82, 2.24) is 4.31 Å². The first-order valence-electron chi connectivity index (χ1n) is 7.61. The van der Waals surface area contributed by atoms with Crippen LogP contribution in [-0.2, 0) is 10.0 Å². The van der Waals surface area contributed by atoms with Crippen LogP contribution in [-0.4, -0.2) is 36.9 Å². The lowest BCUT2D eigenvalue weighted by Crippen LogP contribution is -2.42. The molecule has 0 N–H and O–H groups in total. The molecule has 0 amide bonds. The molecule has 1 heterocycles. The van der Waals surface area contributed by atoms with Gasteiger partial charge in [0.15, 0.2) is 0 Å². The Hall–Kier alpha value is 0.200. The minimum atomic E-state index is -3.04. The highest BCUT2D eigenvalue weighted by molar-refractivity contribution is 7.89. The zero-order valence-electron chi connectivity index (χ0n) is 11.9. The Morgan fingerprint density at radius 3 is 2.21 bits per heavy atom. The third kappa shape index (κ3) is 4.33. The van der Waals surface area contributed by atoms with Gasteiger partial charge in [-0.05, 0) is 44.4 Å². The first kappa shape index (κ1) is 15.6. The highest BCUT2D eigenvalue weighted by Gasteiger charge is 2.31. The van der Waals surface area contributed by atoms with E-state index in [2.05, 4.69) is 0 Å². The van der Waals surface area contributed by atoms with Crippen LogP contribution < -0.4 is 0 Å². The molecule has 1 aliphatic heterocycles. The minimum absolute atomic E-state index is 0.156. The Bertz CT molecular complexity index is 369. The van der Waals surface area contributed by atoms with Gasteiger partial charge >= 0.3 is 0 Å². The van der Waals surface area contributed by atoms with Gasteiger partial charge in [0.2, 0.25) is 10.0 Å². The summed E-state index contributed by atoms with van der Waals surface area (Å²) >= 11 is 6.11. The Labute approximate surface area is 122 Å². The number of piperidine rings is 1. The van der Waals surface area contributed by atoms with Gasteiger partial charge in [-0.15, -0.1) is 11.6 Å².